The lowest BCUT2D eigenvalue weighted by atomic mass is 10.2. The van der Waals surface area contributed by atoms with Crippen LogP contribution in [0.3, 0.4) is 0 Å². The van der Waals surface area contributed by atoms with Crippen LogP contribution in [-0.2, 0) is 0 Å². The van der Waals surface area contributed by atoms with Gasteiger partial charge in [-0.1, -0.05) is 13.8 Å². The third-order valence-corrected chi connectivity index (χ3v) is 3.08. The lowest BCUT2D eigenvalue weighted by Gasteiger charge is -2.16. The van der Waals surface area contributed by atoms with Gasteiger partial charge < -0.3 is 10.8 Å². The molecule has 72 valence electrons. The molecule has 0 aliphatic heterocycles. The van der Waals surface area contributed by atoms with Crippen molar-refractivity contribution < 1.29 is 5.11 Å². The average Bonchev–Trinajstić information content (AvgIpc) is 2.02. The van der Waals surface area contributed by atoms with Gasteiger partial charge in [-0.3, -0.25) is 5.41 Å². The molecule has 3 nitrogen and oxygen atoms in total. The molecule has 0 heterocycles. The summed E-state index contributed by atoms with van der Waals surface area (Å²) in [6, 6.07) is 0. The lowest BCUT2D eigenvalue weighted by molar-refractivity contribution is 0.299. The van der Waals surface area contributed by atoms with Crippen molar-refractivity contribution in [1.82, 2.24) is 0 Å². The number of aliphatic hydroxyl groups excluding tert-OH is 1. The van der Waals surface area contributed by atoms with E-state index >= 15 is 0 Å². The highest BCUT2D eigenvalue weighted by atomic mass is 32.2. The van der Waals surface area contributed by atoms with Crippen molar-refractivity contribution in [1.29, 1.82) is 5.41 Å². The van der Waals surface area contributed by atoms with Crippen molar-refractivity contribution in [3.63, 3.8) is 0 Å². The molecule has 0 rings (SSSR count). The van der Waals surface area contributed by atoms with Crippen LogP contribution in [0, 0.1) is 5.41 Å². The SMILES string of the molecule is CCC(CC(=N)N)SC(C)CO. The zero-order valence-corrected chi connectivity index (χ0v) is 8.53. The van der Waals surface area contributed by atoms with E-state index < -0.39 is 0 Å². The van der Waals surface area contributed by atoms with Crippen LogP contribution in [0.5, 0.6) is 0 Å². The first-order valence-corrected chi connectivity index (χ1v) is 5.13. The monoisotopic (exact) mass is 190 g/mol. The third-order valence-electron chi connectivity index (χ3n) is 1.58. The normalized spacial score (nSPS) is 15.6. The summed E-state index contributed by atoms with van der Waals surface area (Å²) in [6.07, 6.45) is 1.63. The van der Waals surface area contributed by atoms with Crippen LogP contribution in [0.25, 0.3) is 0 Å². The maximum absolute atomic E-state index is 8.81. The molecule has 0 saturated heterocycles. The molecule has 2 unspecified atom stereocenters. The highest BCUT2D eigenvalue weighted by molar-refractivity contribution is 8.00. The number of hydrogen-bond acceptors (Lipinski definition) is 3. The molecule has 2 atom stereocenters. The first-order valence-electron chi connectivity index (χ1n) is 4.19. The largest absolute Gasteiger partial charge is 0.395 e. The van der Waals surface area contributed by atoms with Crippen molar-refractivity contribution in [2.45, 2.75) is 37.2 Å². The van der Waals surface area contributed by atoms with Crippen LogP contribution in [0.1, 0.15) is 26.7 Å². The van der Waals surface area contributed by atoms with E-state index in [-0.39, 0.29) is 17.7 Å². The molecule has 0 aromatic carbocycles. The Hall–Kier alpha value is -0.220. The minimum absolute atomic E-state index is 0.194. The maximum Gasteiger partial charge on any atom is 0.0916 e. The topological polar surface area (TPSA) is 70.1 Å². The van der Waals surface area contributed by atoms with E-state index in [0.29, 0.717) is 11.7 Å². The maximum atomic E-state index is 8.81. The molecule has 0 aliphatic rings. The van der Waals surface area contributed by atoms with E-state index in [1.54, 1.807) is 11.8 Å². The van der Waals surface area contributed by atoms with Crippen LogP contribution in [0.15, 0.2) is 0 Å². The molecule has 4 heteroatoms. The van der Waals surface area contributed by atoms with E-state index in [2.05, 4.69) is 6.92 Å². The van der Waals surface area contributed by atoms with Gasteiger partial charge in [-0.15, -0.1) is 0 Å². The Morgan fingerprint density at radius 1 is 1.67 bits per heavy atom. The third kappa shape index (κ3) is 5.43. The van der Waals surface area contributed by atoms with Crippen molar-refractivity contribution in [2.24, 2.45) is 5.73 Å². The minimum Gasteiger partial charge on any atom is -0.395 e. The van der Waals surface area contributed by atoms with Gasteiger partial charge in [0, 0.05) is 16.9 Å². The molecular formula is C8H18N2OS. The molecule has 0 fully saturated rings. The second-order valence-electron chi connectivity index (χ2n) is 2.89. The number of rotatable bonds is 6. The molecular weight excluding hydrogens is 172 g/mol. The highest BCUT2D eigenvalue weighted by Crippen LogP contribution is 2.22. The highest BCUT2D eigenvalue weighted by Gasteiger charge is 2.12. The first-order chi connectivity index (χ1) is 5.60. The summed E-state index contributed by atoms with van der Waals surface area (Å²) < 4.78 is 0. The molecule has 0 aromatic heterocycles. The van der Waals surface area contributed by atoms with Crippen molar-refractivity contribution >= 4 is 17.6 Å². The quantitative estimate of drug-likeness (QED) is 0.435. The molecule has 0 aromatic rings. The van der Waals surface area contributed by atoms with Gasteiger partial charge in [-0.25, -0.2) is 0 Å². The number of nitrogens with one attached hydrogen (secondary N) is 1. The Morgan fingerprint density at radius 2 is 2.25 bits per heavy atom. The van der Waals surface area contributed by atoms with Crippen molar-refractivity contribution in [2.75, 3.05) is 6.61 Å². The van der Waals surface area contributed by atoms with Gasteiger partial charge in [0.1, 0.15) is 0 Å². The molecule has 0 saturated carbocycles. The van der Waals surface area contributed by atoms with Gasteiger partial charge in [-0.2, -0.15) is 11.8 Å². The van der Waals surface area contributed by atoms with Gasteiger partial charge in [-0.05, 0) is 6.42 Å². The van der Waals surface area contributed by atoms with Crippen LogP contribution >= 0.6 is 11.8 Å². The fraction of sp³-hybridized carbons (Fsp3) is 0.875. The summed E-state index contributed by atoms with van der Waals surface area (Å²) in [5.74, 6) is 0.236. The van der Waals surface area contributed by atoms with E-state index in [1.807, 2.05) is 6.92 Å². The van der Waals surface area contributed by atoms with Crippen LogP contribution in [-0.4, -0.2) is 28.0 Å². The Bertz CT molecular complexity index is 141. The summed E-state index contributed by atoms with van der Waals surface area (Å²) in [5.41, 5.74) is 5.29. The number of amidine groups is 1. The predicted molar refractivity (Wildman–Crippen MR) is 54.7 cm³/mol. The fourth-order valence-corrected chi connectivity index (χ4v) is 2.12. The second-order valence-corrected chi connectivity index (χ2v) is 4.63. The van der Waals surface area contributed by atoms with Crippen LogP contribution < -0.4 is 5.73 Å². The van der Waals surface area contributed by atoms with E-state index in [4.69, 9.17) is 16.2 Å². The Morgan fingerprint density at radius 3 is 2.58 bits per heavy atom. The summed E-state index contributed by atoms with van der Waals surface area (Å²) in [5, 5.41) is 16.6. The number of nitrogens with two attached hydrogens (primary N) is 1. The molecule has 12 heavy (non-hydrogen) atoms. The standard InChI is InChI=1S/C8H18N2OS/c1-3-7(4-8(9)10)12-6(2)5-11/h6-7,11H,3-5H2,1-2H3,(H3,9,10). The van der Waals surface area contributed by atoms with Gasteiger partial charge >= 0.3 is 0 Å². The van der Waals surface area contributed by atoms with Crippen molar-refractivity contribution in [3.8, 4) is 0 Å². The molecule has 4 N–H and O–H groups in total. The number of aliphatic hydroxyl groups is 1. The molecule has 0 radical (unpaired) electrons. The number of hydrogen-bond donors (Lipinski definition) is 3. The Balaban J connectivity index is 3.74. The zero-order chi connectivity index (χ0) is 9.56. The molecule has 0 amide bonds. The lowest BCUT2D eigenvalue weighted by Crippen LogP contribution is -2.19. The summed E-state index contributed by atoms with van der Waals surface area (Å²) in [7, 11) is 0. The summed E-state index contributed by atoms with van der Waals surface area (Å²) >= 11 is 1.70. The van der Waals surface area contributed by atoms with E-state index in [9.17, 15) is 0 Å². The van der Waals surface area contributed by atoms with Crippen molar-refractivity contribution in [3.05, 3.63) is 0 Å². The second kappa shape index (κ2) is 6.31. The van der Waals surface area contributed by atoms with E-state index in [0.717, 1.165) is 6.42 Å². The minimum atomic E-state index is 0.194. The summed E-state index contributed by atoms with van der Waals surface area (Å²) in [6.45, 7) is 4.25. The zero-order valence-electron chi connectivity index (χ0n) is 7.71. The summed E-state index contributed by atoms with van der Waals surface area (Å²) in [4.78, 5) is 0. The average molecular weight is 190 g/mol. The van der Waals surface area contributed by atoms with E-state index in [1.165, 1.54) is 0 Å². The van der Waals surface area contributed by atoms with Gasteiger partial charge in [0.2, 0.25) is 0 Å². The Labute approximate surface area is 78.2 Å². The Kier molecular flexibility index (Phi) is 6.20. The molecule has 0 bridgehead atoms. The molecule has 0 spiro atoms. The number of thioether (sulfide) groups is 1. The first kappa shape index (κ1) is 11.8. The van der Waals surface area contributed by atoms with Gasteiger partial charge in [0.25, 0.3) is 0 Å². The van der Waals surface area contributed by atoms with Gasteiger partial charge in [0.15, 0.2) is 0 Å². The van der Waals surface area contributed by atoms with Crippen LogP contribution in [0.4, 0.5) is 0 Å². The smallest absolute Gasteiger partial charge is 0.0916 e. The van der Waals surface area contributed by atoms with Gasteiger partial charge in [0.05, 0.1) is 12.4 Å². The van der Waals surface area contributed by atoms with Crippen LogP contribution in [0.2, 0.25) is 0 Å². The fourth-order valence-electron chi connectivity index (χ4n) is 0.906. The molecule has 0 aliphatic carbocycles. The predicted octanol–water partition coefficient (Wildman–Crippen LogP) is 1.21.